The van der Waals surface area contributed by atoms with E-state index >= 15 is 0 Å². The fourth-order valence-corrected chi connectivity index (χ4v) is 2.97. The summed E-state index contributed by atoms with van der Waals surface area (Å²) in [6.07, 6.45) is -6.30. The lowest BCUT2D eigenvalue weighted by Gasteiger charge is -2.26. The molecule has 21 heavy (non-hydrogen) atoms. The van der Waals surface area contributed by atoms with E-state index in [0.29, 0.717) is 19.3 Å². The van der Waals surface area contributed by atoms with Crippen LogP contribution in [0.5, 0.6) is 0 Å². The van der Waals surface area contributed by atoms with E-state index in [1.807, 2.05) is 0 Å². The van der Waals surface area contributed by atoms with Gasteiger partial charge in [-0.15, -0.1) is 0 Å². The first-order valence-electron chi connectivity index (χ1n) is 6.64. The minimum absolute atomic E-state index is 0.101. The van der Waals surface area contributed by atoms with Crippen molar-refractivity contribution in [3.63, 3.8) is 0 Å². The molecule has 1 rings (SSSR count). The van der Waals surface area contributed by atoms with Crippen molar-refractivity contribution in [2.45, 2.75) is 63.1 Å². The topological polar surface area (TPSA) is 55.8 Å². The maximum Gasteiger partial charge on any atom is 0.472 e. The second-order valence-electron chi connectivity index (χ2n) is 4.99. The summed E-state index contributed by atoms with van der Waals surface area (Å²) >= 11 is 0. The quantitative estimate of drug-likeness (QED) is 0.597. The monoisotopic (exact) mass is 340 g/mol. The second-order valence-corrected chi connectivity index (χ2v) is 6.40. The Balaban J connectivity index is 2.76. The van der Waals surface area contributed by atoms with Gasteiger partial charge in [-0.1, -0.05) is 25.7 Å². The Hall–Kier alpha value is -0.240. The van der Waals surface area contributed by atoms with Crippen molar-refractivity contribution in [1.29, 1.82) is 0 Å². The molecule has 0 aromatic heterocycles. The molecule has 1 saturated heterocycles. The normalized spacial score (nSPS) is 30.7. The number of phosphoric acid groups is 1. The van der Waals surface area contributed by atoms with Crippen molar-refractivity contribution in [1.82, 2.24) is 0 Å². The summed E-state index contributed by atoms with van der Waals surface area (Å²) in [5.41, 5.74) is 0. The van der Waals surface area contributed by atoms with Crippen LogP contribution in [0, 0.1) is 0 Å². The van der Waals surface area contributed by atoms with Crippen molar-refractivity contribution in [2.75, 3.05) is 6.61 Å². The van der Waals surface area contributed by atoms with Gasteiger partial charge in [0, 0.05) is 6.42 Å². The van der Waals surface area contributed by atoms with E-state index < -0.39 is 32.4 Å². The van der Waals surface area contributed by atoms with Gasteiger partial charge in [-0.25, -0.2) is 4.57 Å². The van der Waals surface area contributed by atoms with Gasteiger partial charge >= 0.3 is 19.9 Å². The molecule has 126 valence electrons. The van der Waals surface area contributed by atoms with E-state index in [-0.39, 0.29) is 13.0 Å². The molecule has 0 saturated carbocycles. The molecule has 0 amide bonds. The van der Waals surface area contributed by atoms with Gasteiger partial charge in [0.2, 0.25) is 0 Å². The van der Waals surface area contributed by atoms with E-state index in [1.165, 1.54) is 0 Å². The number of alkyl halides is 5. The summed E-state index contributed by atoms with van der Waals surface area (Å²) in [5.74, 6) is -4.97. The van der Waals surface area contributed by atoms with Crippen LogP contribution in [0.2, 0.25) is 0 Å². The van der Waals surface area contributed by atoms with Gasteiger partial charge in [0.1, 0.15) is 0 Å². The Morgan fingerprint density at radius 2 is 1.62 bits per heavy atom. The minimum atomic E-state index is -5.72. The molecule has 0 bridgehead atoms. The molecule has 0 spiro atoms. The minimum Gasteiger partial charge on any atom is -0.302 e. The molecular weight excluding hydrogens is 322 g/mol. The average molecular weight is 340 g/mol. The molecule has 0 aromatic carbocycles. The number of phosphoric ester groups is 1. The average Bonchev–Trinajstić information content (AvgIpc) is 2.32. The Labute approximate surface area is 119 Å². The van der Waals surface area contributed by atoms with Gasteiger partial charge in [0.05, 0.1) is 12.7 Å². The predicted octanol–water partition coefficient (Wildman–Crippen LogP) is 4.43. The molecule has 2 unspecified atom stereocenters. The molecule has 1 fully saturated rings. The fraction of sp³-hybridized carbons (Fsp3) is 1.00. The number of rotatable bonds is 2. The highest BCUT2D eigenvalue weighted by molar-refractivity contribution is 7.47. The third kappa shape index (κ3) is 6.59. The third-order valence-electron chi connectivity index (χ3n) is 3.11. The smallest absolute Gasteiger partial charge is 0.302 e. The van der Waals surface area contributed by atoms with Crippen LogP contribution in [0.4, 0.5) is 22.0 Å². The van der Waals surface area contributed by atoms with Crippen LogP contribution in [0.15, 0.2) is 0 Å². The standard InChI is InChI=1S/C11H18F5O4P/c12-10(13,11(14,15)16)8-9-6-4-2-1-3-5-7-19-21(17,18)20-9/h9H,1-8H2,(H,17,18). The van der Waals surface area contributed by atoms with E-state index in [4.69, 9.17) is 0 Å². The van der Waals surface area contributed by atoms with Gasteiger partial charge in [0.25, 0.3) is 0 Å². The van der Waals surface area contributed by atoms with E-state index in [9.17, 15) is 31.4 Å². The van der Waals surface area contributed by atoms with Crippen LogP contribution >= 0.6 is 7.82 Å². The number of hydrogen-bond acceptors (Lipinski definition) is 3. The number of halogens is 5. The lowest BCUT2D eigenvalue weighted by molar-refractivity contribution is -0.289. The van der Waals surface area contributed by atoms with Crippen molar-refractivity contribution >= 4 is 7.82 Å². The van der Waals surface area contributed by atoms with Gasteiger partial charge in [-0.3, -0.25) is 9.05 Å². The lowest BCUT2D eigenvalue weighted by atomic mass is 10.0. The molecule has 0 radical (unpaired) electrons. The SMILES string of the molecule is O=P1(O)OCCCCCCCC(CC(F)(F)C(F)(F)F)O1. The highest BCUT2D eigenvalue weighted by Crippen LogP contribution is 2.48. The maximum atomic E-state index is 13.0. The van der Waals surface area contributed by atoms with Crippen LogP contribution in [0.3, 0.4) is 0 Å². The number of hydrogen-bond donors (Lipinski definition) is 1. The van der Waals surface area contributed by atoms with E-state index in [0.717, 1.165) is 12.8 Å². The van der Waals surface area contributed by atoms with Gasteiger partial charge in [0.15, 0.2) is 0 Å². The molecule has 0 aliphatic carbocycles. The molecule has 2 atom stereocenters. The predicted molar refractivity (Wildman–Crippen MR) is 64.0 cm³/mol. The molecule has 0 aromatic rings. The first-order valence-corrected chi connectivity index (χ1v) is 8.13. The highest BCUT2D eigenvalue weighted by atomic mass is 31.2. The molecular formula is C11H18F5O4P. The Morgan fingerprint density at radius 3 is 2.24 bits per heavy atom. The van der Waals surface area contributed by atoms with Gasteiger partial charge < -0.3 is 4.89 Å². The summed E-state index contributed by atoms with van der Waals surface area (Å²) in [5, 5.41) is 0. The zero-order valence-electron chi connectivity index (χ0n) is 11.2. The summed E-state index contributed by atoms with van der Waals surface area (Å²) in [6.45, 7) is -0.101. The van der Waals surface area contributed by atoms with E-state index in [2.05, 4.69) is 9.05 Å². The van der Waals surface area contributed by atoms with Gasteiger partial charge in [-0.05, 0) is 12.8 Å². The van der Waals surface area contributed by atoms with Crippen LogP contribution in [0.25, 0.3) is 0 Å². The first-order chi connectivity index (χ1) is 9.54. The van der Waals surface area contributed by atoms with Crippen LogP contribution in [-0.4, -0.2) is 29.7 Å². The van der Waals surface area contributed by atoms with Crippen LogP contribution in [0.1, 0.15) is 44.9 Å². The van der Waals surface area contributed by atoms with Crippen molar-refractivity contribution < 1.29 is 40.5 Å². The van der Waals surface area contributed by atoms with Gasteiger partial charge in [-0.2, -0.15) is 22.0 Å². The third-order valence-corrected chi connectivity index (χ3v) is 4.18. The van der Waals surface area contributed by atoms with Crippen molar-refractivity contribution in [3.8, 4) is 0 Å². The second kappa shape index (κ2) is 7.35. The first kappa shape index (κ1) is 18.8. The molecule has 1 N–H and O–H groups in total. The highest BCUT2D eigenvalue weighted by Gasteiger charge is 2.58. The molecule has 4 nitrogen and oxygen atoms in total. The summed E-state index contributed by atoms with van der Waals surface area (Å²) in [4.78, 5) is 9.34. The van der Waals surface area contributed by atoms with Crippen LogP contribution in [-0.2, 0) is 13.6 Å². The summed E-state index contributed by atoms with van der Waals surface area (Å²) in [6, 6.07) is 0. The molecule has 10 heteroatoms. The lowest BCUT2D eigenvalue weighted by Crippen LogP contribution is -2.40. The fourth-order valence-electron chi connectivity index (χ4n) is 2.00. The zero-order chi connectivity index (χ0) is 16.1. The zero-order valence-corrected chi connectivity index (χ0v) is 12.1. The Morgan fingerprint density at radius 1 is 1.05 bits per heavy atom. The molecule has 1 aliphatic heterocycles. The molecule has 1 heterocycles. The summed E-state index contributed by atoms with van der Waals surface area (Å²) < 4.78 is 83.3. The van der Waals surface area contributed by atoms with E-state index in [1.54, 1.807) is 0 Å². The Bertz CT molecular complexity index is 374. The van der Waals surface area contributed by atoms with Crippen LogP contribution < -0.4 is 0 Å². The molecule has 1 aliphatic rings. The largest absolute Gasteiger partial charge is 0.472 e. The Kier molecular flexibility index (Phi) is 6.58. The van der Waals surface area contributed by atoms with Crippen molar-refractivity contribution in [3.05, 3.63) is 0 Å². The maximum absolute atomic E-state index is 13.0. The summed E-state index contributed by atoms with van der Waals surface area (Å²) in [7, 11) is -4.62. The van der Waals surface area contributed by atoms with Crippen molar-refractivity contribution in [2.24, 2.45) is 0 Å².